The zero-order chi connectivity index (χ0) is 20.0. The lowest BCUT2D eigenvalue weighted by Gasteiger charge is -2.31. The molecule has 0 radical (unpaired) electrons. The van der Waals surface area contributed by atoms with E-state index in [1.165, 1.54) is 5.01 Å². The van der Waals surface area contributed by atoms with Crippen LogP contribution in [0.5, 0.6) is 0 Å². The highest BCUT2D eigenvalue weighted by atomic mass is 35.5. The average Bonchev–Trinajstić information content (AvgIpc) is 2.67. The van der Waals surface area contributed by atoms with Crippen LogP contribution >= 0.6 is 36.4 Å². The Morgan fingerprint density at radius 3 is 1.79 bits per heavy atom. The van der Waals surface area contributed by atoms with Crippen molar-refractivity contribution < 1.29 is 9.59 Å². The molecule has 156 valence electrons. The van der Waals surface area contributed by atoms with Gasteiger partial charge in [0.25, 0.3) is 11.1 Å². The summed E-state index contributed by atoms with van der Waals surface area (Å²) in [7, 11) is 0. The number of halogens is 3. The molecule has 29 heavy (non-hydrogen) atoms. The summed E-state index contributed by atoms with van der Waals surface area (Å²) < 4.78 is 0. The van der Waals surface area contributed by atoms with Crippen LogP contribution in [0.4, 0.5) is 0 Å². The number of amides is 1. The quantitative estimate of drug-likeness (QED) is 0.228. The monoisotopic (exact) mass is 454 g/mol. The summed E-state index contributed by atoms with van der Waals surface area (Å²) in [6.07, 6.45) is 0. The van der Waals surface area contributed by atoms with E-state index in [-0.39, 0.29) is 36.3 Å². The van der Waals surface area contributed by atoms with Gasteiger partial charge in [0, 0.05) is 11.1 Å². The lowest BCUT2D eigenvalue weighted by atomic mass is 10.0. The first-order valence-corrected chi connectivity index (χ1v) is 8.91. The summed E-state index contributed by atoms with van der Waals surface area (Å²) in [5.41, 5.74) is 0.771. The number of hydrazine groups is 1. The normalized spacial score (nSPS) is 9.97. The highest BCUT2D eigenvalue weighted by Gasteiger charge is 2.24. The second kappa shape index (κ2) is 11.8. The van der Waals surface area contributed by atoms with Gasteiger partial charge < -0.3 is 0 Å². The second-order valence-corrected chi connectivity index (χ2v) is 7.39. The van der Waals surface area contributed by atoms with Crippen LogP contribution in [0.1, 0.15) is 41.5 Å². The van der Waals surface area contributed by atoms with Crippen LogP contribution in [0.25, 0.3) is 10.8 Å². The third kappa shape index (κ3) is 7.67. The van der Waals surface area contributed by atoms with Crippen LogP contribution in [0.2, 0.25) is 0 Å². The molecule has 0 saturated heterocycles. The molecule has 3 aromatic carbocycles. The fourth-order valence-corrected chi connectivity index (χ4v) is 2.46. The second-order valence-electron chi connectivity index (χ2n) is 7.05. The van der Waals surface area contributed by atoms with Gasteiger partial charge >= 0.3 is 0 Å². The molecule has 0 bridgehead atoms. The fourth-order valence-electron chi connectivity index (χ4n) is 2.34. The Morgan fingerprint density at radius 2 is 1.31 bits per heavy atom. The maximum Gasteiger partial charge on any atom is 0.268 e. The standard InChI is InChI=1S/C15H18N2O.C7H5ClO.2ClH/c1-15(2,3)17(16)14(18)13-9-8-11-6-4-5-7-12(11)10-13;8-7(9)6-4-2-1-3-5-6;;/h4-10H,16H2,1-3H3;1-5H;2*1H. The van der Waals surface area contributed by atoms with Gasteiger partial charge in [-0.15, -0.1) is 24.8 Å². The molecular formula is C22H25Cl3N2O2. The van der Waals surface area contributed by atoms with Gasteiger partial charge in [0.15, 0.2) is 0 Å². The van der Waals surface area contributed by atoms with E-state index in [1.54, 1.807) is 24.3 Å². The van der Waals surface area contributed by atoms with Crippen molar-refractivity contribution in [1.29, 1.82) is 0 Å². The van der Waals surface area contributed by atoms with E-state index in [0.717, 1.165) is 10.8 Å². The van der Waals surface area contributed by atoms with Gasteiger partial charge in [-0.25, -0.2) is 5.84 Å². The molecule has 0 aliphatic rings. The third-order valence-electron chi connectivity index (χ3n) is 3.94. The first-order chi connectivity index (χ1) is 12.7. The number of hydrogen-bond donors (Lipinski definition) is 1. The van der Waals surface area contributed by atoms with Crippen LogP contribution in [0.15, 0.2) is 72.8 Å². The largest absolute Gasteiger partial charge is 0.276 e. The van der Waals surface area contributed by atoms with E-state index >= 15 is 0 Å². The van der Waals surface area contributed by atoms with Crippen molar-refractivity contribution in [2.75, 3.05) is 0 Å². The lowest BCUT2D eigenvalue weighted by Crippen LogP contribution is -2.50. The predicted molar refractivity (Wildman–Crippen MR) is 125 cm³/mol. The van der Waals surface area contributed by atoms with Gasteiger partial charge in [-0.3, -0.25) is 14.6 Å². The number of benzene rings is 3. The molecule has 0 spiro atoms. The summed E-state index contributed by atoms with van der Waals surface area (Å²) in [5.74, 6) is 5.70. The van der Waals surface area contributed by atoms with Crippen molar-refractivity contribution in [3.63, 3.8) is 0 Å². The van der Waals surface area contributed by atoms with Crippen LogP contribution in [-0.2, 0) is 0 Å². The summed E-state index contributed by atoms with van der Waals surface area (Å²) in [6.45, 7) is 5.73. The smallest absolute Gasteiger partial charge is 0.268 e. The number of carbonyl (C=O) groups is 2. The van der Waals surface area contributed by atoms with Gasteiger partial charge in [0.05, 0.1) is 5.54 Å². The number of nitrogens with zero attached hydrogens (tertiary/aromatic N) is 1. The Labute approximate surface area is 188 Å². The van der Waals surface area contributed by atoms with E-state index in [9.17, 15) is 9.59 Å². The van der Waals surface area contributed by atoms with Crippen molar-refractivity contribution >= 4 is 58.3 Å². The van der Waals surface area contributed by atoms with E-state index in [1.807, 2.05) is 69.3 Å². The Morgan fingerprint density at radius 1 is 0.793 bits per heavy atom. The summed E-state index contributed by atoms with van der Waals surface area (Å²) in [6, 6.07) is 22.3. The minimum absolute atomic E-state index is 0. The highest BCUT2D eigenvalue weighted by molar-refractivity contribution is 6.67. The predicted octanol–water partition coefficient (Wildman–Crippen LogP) is 5.86. The number of hydrogen-bond acceptors (Lipinski definition) is 3. The molecule has 4 nitrogen and oxygen atoms in total. The Hall–Kier alpha value is -2.11. The van der Waals surface area contributed by atoms with E-state index in [4.69, 9.17) is 17.4 Å². The van der Waals surface area contributed by atoms with Crippen molar-refractivity contribution in [2.45, 2.75) is 26.3 Å². The molecule has 7 heteroatoms. The number of rotatable bonds is 2. The van der Waals surface area contributed by atoms with E-state index < -0.39 is 5.24 Å². The van der Waals surface area contributed by atoms with Crippen molar-refractivity contribution in [1.82, 2.24) is 5.01 Å². The number of fused-ring (bicyclic) bond motifs is 1. The zero-order valence-electron chi connectivity index (χ0n) is 16.5. The molecule has 0 saturated carbocycles. The molecule has 3 aromatic rings. The highest BCUT2D eigenvalue weighted by Crippen LogP contribution is 2.18. The zero-order valence-corrected chi connectivity index (χ0v) is 18.9. The lowest BCUT2D eigenvalue weighted by molar-refractivity contribution is 0.0582. The van der Waals surface area contributed by atoms with Crippen molar-refractivity contribution in [3.05, 3.63) is 83.9 Å². The van der Waals surface area contributed by atoms with Crippen molar-refractivity contribution in [2.24, 2.45) is 5.84 Å². The molecule has 0 aliphatic heterocycles. The van der Waals surface area contributed by atoms with Crippen LogP contribution in [0.3, 0.4) is 0 Å². The molecule has 0 fully saturated rings. The molecule has 0 heterocycles. The van der Waals surface area contributed by atoms with Gasteiger partial charge in [-0.1, -0.05) is 60.7 Å². The molecule has 1 amide bonds. The first-order valence-electron chi connectivity index (χ1n) is 8.53. The molecule has 0 aliphatic carbocycles. The van der Waals surface area contributed by atoms with Crippen LogP contribution in [0, 0.1) is 0 Å². The Kier molecular flexibility index (Phi) is 10.9. The fraction of sp³-hybridized carbons (Fsp3) is 0.182. The molecule has 0 aromatic heterocycles. The molecule has 3 rings (SSSR count). The summed E-state index contributed by atoms with van der Waals surface area (Å²) in [4.78, 5) is 22.6. The summed E-state index contributed by atoms with van der Waals surface area (Å²) in [5, 5.41) is 3.03. The number of nitrogens with two attached hydrogens (primary N) is 1. The van der Waals surface area contributed by atoms with E-state index in [2.05, 4.69) is 0 Å². The third-order valence-corrected chi connectivity index (χ3v) is 4.16. The molecule has 2 N–H and O–H groups in total. The molecule has 0 unspecified atom stereocenters. The molecular weight excluding hydrogens is 431 g/mol. The number of carbonyl (C=O) groups excluding carboxylic acids is 2. The Bertz CT molecular complexity index is 941. The average molecular weight is 456 g/mol. The Balaban J connectivity index is 0.000000610. The van der Waals surface area contributed by atoms with Crippen LogP contribution in [-0.4, -0.2) is 21.7 Å². The minimum atomic E-state index is -0.407. The van der Waals surface area contributed by atoms with Crippen molar-refractivity contribution in [3.8, 4) is 0 Å². The van der Waals surface area contributed by atoms with Gasteiger partial charge in [0.1, 0.15) is 0 Å². The SMILES string of the molecule is CC(C)(C)N(N)C(=O)c1ccc2ccccc2c1.Cl.Cl.O=C(Cl)c1ccccc1. The van der Waals surface area contributed by atoms with Gasteiger partial charge in [0.2, 0.25) is 0 Å². The maximum atomic E-state index is 12.2. The minimum Gasteiger partial charge on any atom is -0.276 e. The maximum absolute atomic E-state index is 12.2. The topological polar surface area (TPSA) is 63.4 Å². The molecule has 0 atom stereocenters. The van der Waals surface area contributed by atoms with Gasteiger partial charge in [-0.2, -0.15) is 0 Å². The van der Waals surface area contributed by atoms with E-state index in [0.29, 0.717) is 11.1 Å². The summed E-state index contributed by atoms with van der Waals surface area (Å²) >= 11 is 5.16. The van der Waals surface area contributed by atoms with Gasteiger partial charge in [-0.05, 0) is 55.3 Å². The van der Waals surface area contributed by atoms with Crippen LogP contribution < -0.4 is 5.84 Å². The first kappa shape index (κ1) is 26.9.